The van der Waals surface area contributed by atoms with E-state index in [1.54, 1.807) is 56.5 Å². The molecule has 0 unspecified atom stereocenters. The molecule has 0 aliphatic rings. The molecule has 0 aliphatic carbocycles. The molecule has 0 radical (unpaired) electrons. The van der Waals surface area contributed by atoms with Crippen molar-refractivity contribution in [3.05, 3.63) is 89.5 Å². The van der Waals surface area contributed by atoms with Crippen molar-refractivity contribution in [1.29, 1.82) is 0 Å². The monoisotopic (exact) mass is 565 g/mol. The molecular weight excluding hydrogens is 526 g/mol. The summed E-state index contributed by atoms with van der Waals surface area (Å²) in [5.74, 6) is -0.177. The number of carbonyl (C=O) groups is 2. The number of rotatable bonds is 13. The maximum atomic E-state index is 14.0. The maximum absolute atomic E-state index is 14.0. The summed E-state index contributed by atoms with van der Waals surface area (Å²) in [6.07, 6.45) is 1.74. The fourth-order valence-corrected chi connectivity index (χ4v) is 5.82. The average Bonchev–Trinajstić information content (AvgIpc) is 2.96. The van der Waals surface area contributed by atoms with Crippen LogP contribution in [0.1, 0.15) is 43.4 Å². The van der Waals surface area contributed by atoms with E-state index < -0.39 is 28.5 Å². The van der Waals surface area contributed by atoms with Crippen molar-refractivity contribution in [1.82, 2.24) is 10.2 Å². The summed E-state index contributed by atoms with van der Waals surface area (Å²) in [6.45, 7) is 7.54. The van der Waals surface area contributed by atoms with Crippen LogP contribution in [0.2, 0.25) is 0 Å². The summed E-state index contributed by atoms with van der Waals surface area (Å²) in [4.78, 5) is 28.6. The van der Waals surface area contributed by atoms with Crippen LogP contribution in [0.3, 0.4) is 0 Å². The van der Waals surface area contributed by atoms with Crippen molar-refractivity contribution in [2.45, 2.75) is 58.0 Å². The van der Waals surface area contributed by atoms with Crippen molar-refractivity contribution in [2.75, 3.05) is 24.5 Å². The quantitative estimate of drug-likeness (QED) is 0.299. The van der Waals surface area contributed by atoms with Crippen LogP contribution in [0.25, 0.3) is 0 Å². The lowest BCUT2D eigenvalue weighted by atomic mass is 10.1. The maximum Gasteiger partial charge on any atom is 0.264 e. The number of methoxy groups -OCH3 is 1. The Kier molecular flexibility index (Phi) is 10.7. The molecule has 3 rings (SSSR count). The summed E-state index contributed by atoms with van der Waals surface area (Å²) >= 11 is 0. The van der Waals surface area contributed by atoms with E-state index in [0.29, 0.717) is 18.0 Å². The second-order valence-electron chi connectivity index (χ2n) is 9.74. The Morgan fingerprint density at radius 3 is 2.35 bits per heavy atom. The number of ether oxygens (including phenoxy) is 1. The van der Waals surface area contributed by atoms with Crippen LogP contribution < -0.4 is 14.4 Å². The van der Waals surface area contributed by atoms with Gasteiger partial charge in [-0.3, -0.25) is 13.9 Å². The first kappa shape index (κ1) is 30.7. The highest BCUT2D eigenvalue weighted by atomic mass is 32.2. The Balaban J connectivity index is 2.04. The van der Waals surface area contributed by atoms with E-state index in [4.69, 9.17) is 4.74 Å². The normalized spacial score (nSPS) is 11.9. The van der Waals surface area contributed by atoms with E-state index in [2.05, 4.69) is 5.32 Å². The van der Waals surface area contributed by atoms with Gasteiger partial charge in [0, 0.05) is 13.1 Å². The molecule has 0 aliphatic heterocycles. The minimum atomic E-state index is -4.10. The van der Waals surface area contributed by atoms with Gasteiger partial charge in [0.1, 0.15) is 18.3 Å². The molecule has 40 heavy (non-hydrogen) atoms. The van der Waals surface area contributed by atoms with Gasteiger partial charge in [-0.25, -0.2) is 8.42 Å². The summed E-state index contributed by atoms with van der Waals surface area (Å²) in [5.41, 5.74) is 2.82. The molecule has 0 saturated heterocycles. The SMILES string of the molecule is CCCCNC(=O)[C@H](C)N(Cc1cccc(OC)c1)C(=O)CN(c1cccc(C)c1C)S(=O)(=O)c1ccccc1. The second kappa shape index (κ2) is 14.0. The van der Waals surface area contributed by atoms with E-state index in [9.17, 15) is 18.0 Å². The second-order valence-corrected chi connectivity index (χ2v) is 11.6. The van der Waals surface area contributed by atoms with Crippen molar-refractivity contribution >= 4 is 27.5 Å². The van der Waals surface area contributed by atoms with Gasteiger partial charge >= 0.3 is 0 Å². The first-order valence-electron chi connectivity index (χ1n) is 13.4. The largest absolute Gasteiger partial charge is 0.497 e. The summed E-state index contributed by atoms with van der Waals surface area (Å²) in [6, 6.07) is 19.8. The molecule has 0 bridgehead atoms. The molecule has 0 spiro atoms. The van der Waals surface area contributed by atoms with Crippen LogP contribution in [-0.4, -0.2) is 51.4 Å². The number of nitrogens with zero attached hydrogens (tertiary/aromatic N) is 2. The van der Waals surface area contributed by atoms with Crippen LogP contribution in [0, 0.1) is 13.8 Å². The Morgan fingerprint density at radius 1 is 0.975 bits per heavy atom. The first-order valence-corrected chi connectivity index (χ1v) is 14.9. The molecule has 0 heterocycles. The van der Waals surface area contributed by atoms with Crippen molar-refractivity contribution in [3.63, 3.8) is 0 Å². The van der Waals surface area contributed by atoms with Crippen LogP contribution >= 0.6 is 0 Å². The number of anilines is 1. The predicted octanol–water partition coefficient (Wildman–Crippen LogP) is 4.84. The smallest absolute Gasteiger partial charge is 0.264 e. The van der Waals surface area contributed by atoms with E-state index >= 15 is 0 Å². The molecule has 8 nitrogen and oxygen atoms in total. The molecule has 1 atom stereocenters. The standard InChI is InChI=1S/C31H39N3O5S/c1-6-7-19-32-31(36)25(4)33(21-26-14-12-15-27(20-26)39-5)30(35)22-34(29-18-11-13-23(2)24(29)3)40(37,38)28-16-9-8-10-17-28/h8-18,20,25H,6-7,19,21-22H2,1-5H3,(H,32,36)/t25-/m0/s1. The first-order chi connectivity index (χ1) is 19.1. The molecule has 0 fully saturated rings. The molecule has 0 aromatic heterocycles. The number of amides is 2. The number of sulfonamides is 1. The van der Waals surface area contributed by atoms with Gasteiger partial charge in [0.15, 0.2) is 0 Å². The van der Waals surface area contributed by atoms with Crippen LogP contribution in [0.5, 0.6) is 5.75 Å². The lowest BCUT2D eigenvalue weighted by Gasteiger charge is -2.32. The van der Waals surface area contributed by atoms with Gasteiger partial charge in [0.05, 0.1) is 17.7 Å². The molecular formula is C31H39N3O5S. The number of hydrogen-bond acceptors (Lipinski definition) is 5. The Labute approximate surface area is 238 Å². The molecule has 2 amide bonds. The average molecular weight is 566 g/mol. The van der Waals surface area contributed by atoms with Crippen molar-refractivity contribution < 1.29 is 22.7 Å². The fraction of sp³-hybridized carbons (Fsp3) is 0.355. The van der Waals surface area contributed by atoms with Gasteiger partial charge in [-0.05, 0) is 74.2 Å². The van der Waals surface area contributed by atoms with E-state index in [-0.39, 0.29) is 17.3 Å². The number of carbonyl (C=O) groups excluding carboxylic acids is 2. The predicted molar refractivity (Wildman–Crippen MR) is 158 cm³/mol. The Hall–Kier alpha value is -3.85. The molecule has 3 aromatic carbocycles. The third kappa shape index (κ3) is 7.41. The summed E-state index contributed by atoms with van der Waals surface area (Å²) < 4.78 is 34.4. The summed E-state index contributed by atoms with van der Waals surface area (Å²) in [5, 5.41) is 2.90. The van der Waals surface area contributed by atoms with Gasteiger partial charge in [-0.1, -0.05) is 55.8 Å². The molecule has 1 N–H and O–H groups in total. The number of aryl methyl sites for hydroxylation is 1. The van der Waals surface area contributed by atoms with Crippen molar-refractivity contribution in [3.8, 4) is 5.75 Å². The topological polar surface area (TPSA) is 96.0 Å². The zero-order valence-corrected chi connectivity index (χ0v) is 24.7. The van der Waals surface area contributed by atoms with Gasteiger partial charge in [-0.2, -0.15) is 0 Å². The van der Waals surface area contributed by atoms with Crippen LogP contribution in [0.4, 0.5) is 5.69 Å². The fourth-order valence-electron chi connectivity index (χ4n) is 4.33. The van der Waals surface area contributed by atoms with Crippen LogP contribution in [-0.2, 0) is 26.2 Å². The third-order valence-corrected chi connectivity index (χ3v) is 8.71. The Morgan fingerprint density at radius 2 is 1.68 bits per heavy atom. The Bertz CT molecular complexity index is 1410. The minimum Gasteiger partial charge on any atom is -0.497 e. The zero-order valence-electron chi connectivity index (χ0n) is 23.9. The minimum absolute atomic E-state index is 0.0772. The van der Waals surface area contributed by atoms with Gasteiger partial charge < -0.3 is 15.0 Å². The number of hydrogen-bond donors (Lipinski definition) is 1. The van der Waals surface area contributed by atoms with Crippen LogP contribution in [0.15, 0.2) is 77.7 Å². The van der Waals surface area contributed by atoms with Gasteiger partial charge in [0.25, 0.3) is 10.0 Å². The highest BCUT2D eigenvalue weighted by Gasteiger charge is 2.33. The summed E-state index contributed by atoms with van der Waals surface area (Å²) in [7, 11) is -2.55. The number of unbranched alkanes of at least 4 members (excludes halogenated alkanes) is 1. The van der Waals surface area contributed by atoms with Gasteiger partial charge in [-0.15, -0.1) is 0 Å². The van der Waals surface area contributed by atoms with E-state index in [1.807, 2.05) is 39.0 Å². The molecule has 9 heteroatoms. The lowest BCUT2D eigenvalue weighted by Crippen LogP contribution is -2.51. The highest BCUT2D eigenvalue weighted by Crippen LogP contribution is 2.29. The highest BCUT2D eigenvalue weighted by molar-refractivity contribution is 7.92. The van der Waals surface area contributed by atoms with E-state index in [0.717, 1.165) is 33.8 Å². The zero-order chi connectivity index (χ0) is 29.3. The van der Waals surface area contributed by atoms with E-state index in [1.165, 1.54) is 17.0 Å². The van der Waals surface area contributed by atoms with Gasteiger partial charge in [0.2, 0.25) is 11.8 Å². The molecule has 3 aromatic rings. The third-order valence-electron chi connectivity index (χ3n) is 6.94. The number of benzene rings is 3. The lowest BCUT2D eigenvalue weighted by molar-refractivity contribution is -0.139. The van der Waals surface area contributed by atoms with Crippen molar-refractivity contribution in [2.24, 2.45) is 0 Å². The number of nitrogens with one attached hydrogen (secondary N) is 1. The molecule has 0 saturated carbocycles. The molecule has 214 valence electrons.